The van der Waals surface area contributed by atoms with Crippen LogP contribution in [-0.4, -0.2) is 18.4 Å². The third-order valence-corrected chi connectivity index (χ3v) is 5.98. The highest BCUT2D eigenvalue weighted by Gasteiger charge is 2.55. The molecule has 3 nitrogen and oxygen atoms in total. The maximum absolute atomic E-state index is 13.6. The molecule has 5 rings (SSSR count). The van der Waals surface area contributed by atoms with E-state index in [-0.39, 0.29) is 23.6 Å². The van der Waals surface area contributed by atoms with Crippen LogP contribution in [0.5, 0.6) is 0 Å². The summed E-state index contributed by atoms with van der Waals surface area (Å²) < 4.78 is 19.0. The third-order valence-electron chi connectivity index (χ3n) is 5.98. The minimum Gasteiger partial charge on any atom is -0.457 e. The van der Waals surface area contributed by atoms with Gasteiger partial charge >= 0.3 is 5.97 Å². The Morgan fingerprint density at radius 2 is 1.61 bits per heavy atom. The molecule has 0 aliphatic heterocycles. The highest BCUT2D eigenvalue weighted by Crippen LogP contribution is 2.60. The quantitative estimate of drug-likeness (QED) is 0.627. The monoisotopic (exact) mass is 316 g/mol. The Kier molecular flexibility index (Phi) is 3.51. The van der Waals surface area contributed by atoms with Gasteiger partial charge < -0.3 is 4.74 Å². The molecule has 0 radical (unpaired) electrons. The number of carbonyl (C=O) groups excluding carboxylic acids is 2. The third kappa shape index (κ3) is 2.58. The van der Waals surface area contributed by atoms with E-state index in [0.29, 0.717) is 17.8 Å². The molecule has 4 heteroatoms. The summed E-state index contributed by atoms with van der Waals surface area (Å²) in [4.78, 5) is 24.7. The highest BCUT2D eigenvalue weighted by atomic mass is 19.1. The summed E-state index contributed by atoms with van der Waals surface area (Å²) >= 11 is 0. The van der Waals surface area contributed by atoms with Crippen molar-refractivity contribution in [2.75, 3.05) is 6.61 Å². The molecule has 4 fully saturated rings. The standard InChI is InChI=1S/C19H21FO3/c20-16-4-2-1-3-15(16)17(21)11-23-18(22)19-8-12-5-13(9-19)7-14(6-12)10-19/h1-4,12-14H,5-11H2. The van der Waals surface area contributed by atoms with E-state index in [1.807, 2.05) is 0 Å². The molecule has 23 heavy (non-hydrogen) atoms. The lowest BCUT2D eigenvalue weighted by Gasteiger charge is -2.55. The van der Waals surface area contributed by atoms with Crippen molar-refractivity contribution in [3.05, 3.63) is 35.6 Å². The Morgan fingerprint density at radius 3 is 2.17 bits per heavy atom. The van der Waals surface area contributed by atoms with Crippen LogP contribution in [0.1, 0.15) is 48.9 Å². The van der Waals surface area contributed by atoms with E-state index in [2.05, 4.69) is 0 Å². The van der Waals surface area contributed by atoms with Crippen LogP contribution >= 0.6 is 0 Å². The van der Waals surface area contributed by atoms with Crippen LogP contribution in [-0.2, 0) is 9.53 Å². The Morgan fingerprint density at radius 1 is 1.04 bits per heavy atom. The fourth-order valence-electron chi connectivity index (χ4n) is 5.41. The number of hydrogen-bond donors (Lipinski definition) is 0. The molecule has 0 saturated heterocycles. The van der Waals surface area contributed by atoms with Gasteiger partial charge in [-0.3, -0.25) is 9.59 Å². The minimum absolute atomic E-state index is 0.00851. The summed E-state index contributed by atoms with van der Waals surface area (Å²) in [6.07, 6.45) is 6.48. The summed E-state index contributed by atoms with van der Waals surface area (Å²) in [7, 11) is 0. The van der Waals surface area contributed by atoms with Gasteiger partial charge in [-0.05, 0) is 68.4 Å². The van der Waals surface area contributed by atoms with Crippen LogP contribution < -0.4 is 0 Å². The maximum Gasteiger partial charge on any atom is 0.312 e. The molecule has 1 aromatic carbocycles. The van der Waals surface area contributed by atoms with E-state index in [9.17, 15) is 14.0 Å². The SMILES string of the molecule is O=C(COC(=O)C12CC3CC(CC(C3)C1)C2)c1ccccc1F. The maximum atomic E-state index is 13.6. The average Bonchev–Trinajstić information content (AvgIpc) is 2.51. The van der Waals surface area contributed by atoms with E-state index in [1.54, 1.807) is 6.07 Å². The Hall–Kier alpha value is -1.71. The number of ether oxygens (including phenoxy) is 1. The van der Waals surface area contributed by atoms with Gasteiger partial charge in [0.05, 0.1) is 11.0 Å². The number of carbonyl (C=O) groups is 2. The first-order valence-corrected chi connectivity index (χ1v) is 8.51. The first-order valence-electron chi connectivity index (χ1n) is 8.51. The van der Waals surface area contributed by atoms with Crippen LogP contribution in [0.4, 0.5) is 4.39 Å². The molecule has 0 aromatic heterocycles. The molecular formula is C19H21FO3. The number of esters is 1. The van der Waals surface area contributed by atoms with Gasteiger partial charge in [-0.2, -0.15) is 0 Å². The van der Waals surface area contributed by atoms with Crippen LogP contribution in [0, 0.1) is 29.0 Å². The predicted octanol–water partition coefficient (Wildman–Crippen LogP) is 3.77. The van der Waals surface area contributed by atoms with Crippen molar-refractivity contribution in [2.45, 2.75) is 38.5 Å². The molecule has 122 valence electrons. The number of Topliss-reactive ketones (excluding diaryl/α,β-unsaturated/α-hetero) is 1. The lowest BCUT2D eigenvalue weighted by molar-refractivity contribution is -0.170. The van der Waals surface area contributed by atoms with Crippen LogP contribution in [0.2, 0.25) is 0 Å². The van der Waals surface area contributed by atoms with E-state index in [0.717, 1.165) is 19.3 Å². The summed E-state index contributed by atoms with van der Waals surface area (Å²) in [6, 6.07) is 5.81. The molecule has 0 heterocycles. The van der Waals surface area contributed by atoms with Crippen LogP contribution in [0.15, 0.2) is 24.3 Å². The zero-order chi connectivity index (χ0) is 16.0. The van der Waals surface area contributed by atoms with Crippen LogP contribution in [0.3, 0.4) is 0 Å². The average molecular weight is 316 g/mol. The van der Waals surface area contributed by atoms with Gasteiger partial charge in [-0.1, -0.05) is 12.1 Å². The highest BCUT2D eigenvalue weighted by molar-refractivity contribution is 5.98. The van der Waals surface area contributed by atoms with Crippen molar-refractivity contribution in [3.8, 4) is 0 Å². The fraction of sp³-hybridized carbons (Fsp3) is 0.579. The first kappa shape index (κ1) is 14.9. The molecule has 4 aliphatic rings. The molecular weight excluding hydrogens is 295 g/mol. The zero-order valence-corrected chi connectivity index (χ0v) is 13.1. The number of hydrogen-bond acceptors (Lipinski definition) is 3. The van der Waals surface area contributed by atoms with Gasteiger partial charge in [0.2, 0.25) is 5.78 Å². The summed E-state index contributed by atoms with van der Waals surface area (Å²) in [5.74, 6) is 0.675. The molecule has 0 spiro atoms. The van der Waals surface area contributed by atoms with E-state index in [4.69, 9.17) is 4.74 Å². The van der Waals surface area contributed by atoms with Gasteiger partial charge in [0.15, 0.2) is 6.61 Å². The van der Waals surface area contributed by atoms with Crippen molar-refractivity contribution >= 4 is 11.8 Å². The van der Waals surface area contributed by atoms with Crippen molar-refractivity contribution in [1.82, 2.24) is 0 Å². The van der Waals surface area contributed by atoms with E-state index >= 15 is 0 Å². The van der Waals surface area contributed by atoms with Gasteiger partial charge in [0, 0.05) is 0 Å². The molecule has 4 bridgehead atoms. The number of rotatable bonds is 4. The van der Waals surface area contributed by atoms with Crippen LogP contribution in [0.25, 0.3) is 0 Å². The summed E-state index contributed by atoms with van der Waals surface area (Å²) in [5.41, 5.74) is -0.379. The summed E-state index contributed by atoms with van der Waals surface area (Å²) in [6.45, 7) is -0.360. The second-order valence-electron chi connectivity index (χ2n) is 7.68. The van der Waals surface area contributed by atoms with E-state index < -0.39 is 11.6 Å². The summed E-state index contributed by atoms with van der Waals surface area (Å²) in [5, 5.41) is 0. The normalized spacial score (nSPS) is 34.4. The zero-order valence-electron chi connectivity index (χ0n) is 13.1. The first-order chi connectivity index (χ1) is 11.1. The number of ketones is 1. The molecule has 4 saturated carbocycles. The van der Waals surface area contributed by atoms with Crippen molar-refractivity contribution in [2.24, 2.45) is 23.2 Å². The van der Waals surface area contributed by atoms with Crippen molar-refractivity contribution in [1.29, 1.82) is 0 Å². The second kappa shape index (κ2) is 5.43. The van der Waals surface area contributed by atoms with Gasteiger partial charge in [-0.15, -0.1) is 0 Å². The molecule has 0 unspecified atom stereocenters. The second-order valence-corrected chi connectivity index (χ2v) is 7.68. The smallest absolute Gasteiger partial charge is 0.312 e. The topological polar surface area (TPSA) is 43.4 Å². The van der Waals surface area contributed by atoms with Crippen molar-refractivity contribution in [3.63, 3.8) is 0 Å². The molecule has 0 amide bonds. The Labute approximate surface area is 135 Å². The van der Waals surface area contributed by atoms with Gasteiger partial charge in [-0.25, -0.2) is 4.39 Å². The van der Waals surface area contributed by atoms with E-state index in [1.165, 1.54) is 37.5 Å². The largest absolute Gasteiger partial charge is 0.457 e. The Balaban J connectivity index is 1.43. The number of halogens is 1. The molecule has 0 N–H and O–H groups in total. The number of benzene rings is 1. The lowest BCUT2D eigenvalue weighted by atomic mass is 9.49. The lowest BCUT2D eigenvalue weighted by Crippen LogP contribution is -2.50. The van der Waals surface area contributed by atoms with Gasteiger partial charge in [0.25, 0.3) is 0 Å². The van der Waals surface area contributed by atoms with Gasteiger partial charge in [0.1, 0.15) is 5.82 Å². The fourth-order valence-corrected chi connectivity index (χ4v) is 5.41. The molecule has 4 aliphatic carbocycles. The molecule has 0 atom stereocenters. The van der Waals surface area contributed by atoms with Crippen molar-refractivity contribution < 1.29 is 18.7 Å². The Bertz CT molecular complexity index is 616. The molecule has 1 aromatic rings. The minimum atomic E-state index is -0.566. The predicted molar refractivity (Wildman–Crippen MR) is 82.3 cm³/mol.